The Bertz CT molecular complexity index is 1060. The van der Waals surface area contributed by atoms with Crippen LogP contribution in [0.25, 0.3) is 6.08 Å². The summed E-state index contributed by atoms with van der Waals surface area (Å²) in [5.74, 6) is -1.94. The molecule has 2 aliphatic heterocycles. The number of nitriles is 1. The molecule has 0 aliphatic carbocycles. The molecule has 0 aromatic carbocycles. The van der Waals surface area contributed by atoms with Gasteiger partial charge in [-0.15, -0.1) is 11.3 Å². The standard InChI is InChI=1S/C27H38N2O7S/c1-15-7-6-8-27(14-28)21(36-27)10-19(16(2)9-18-13-37-22(12-30)29-18)35-23(32)11-20(31)26(4,5)25(34)17(3)24(15)33/h9,13,15,17,19-21,24,30-31,33H,6-8,10-12H2,1-5H3/b16-9+/t15-,17+,19-,20-,21?,24-,27+/m0/s1. The molecule has 0 radical (unpaired) electrons. The number of epoxide rings is 1. The van der Waals surface area contributed by atoms with Crippen LogP contribution in [-0.2, 0) is 25.7 Å². The number of aromatic nitrogens is 1. The molecule has 7 atom stereocenters. The first-order chi connectivity index (χ1) is 17.3. The molecule has 9 nitrogen and oxygen atoms in total. The smallest absolute Gasteiger partial charge is 0.309 e. The molecule has 1 aromatic rings. The van der Waals surface area contributed by atoms with E-state index in [-0.39, 0.29) is 24.7 Å². The Labute approximate surface area is 222 Å². The summed E-state index contributed by atoms with van der Waals surface area (Å²) in [5.41, 5.74) is -0.957. The van der Waals surface area contributed by atoms with Crippen LogP contribution >= 0.6 is 11.3 Å². The van der Waals surface area contributed by atoms with Gasteiger partial charge in [-0.05, 0) is 43.8 Å². The van der Waals surface area contributed by atoms with E-state index in [0.29, 0.717) is 35.5 Å². The lowest BCUT2D eigenvalue weighted by Crippen LogP contribution is -2.45. The fourth-order valence-corrected chi connectivity index (χ4v) is 5.63. The molecular formula is C27H38N2O7S. The van der Waals surface area contributed by atoms with Gasteiger partial charge >= 0.3 is 5.97 Å². The summed E-state index contributed by atoms with van der Waals surface area (Å²) in [7, 11) is 0. The van der Waals surface area contributed by atoms with Gasteiger partial charge in [0.1, 0.15) is 29.1 Å². The van der Waals surface area contributed by atoms with Gasteiger partial charge in [-0.3, -0.25) is 9.59 Å². The minimum atomic E-state index is -1.31. The Morgan fingerprint density at radius 1 is 1.32 bits per heavy atom. The zero-order valence-electron chi connectivity index (χ0n) is 22.1. The second kappa shape index (κ2) is 11.7. The first-order valence-corrected chi connectivity index (χ1v) is 13.6. The third kappa shape index (κ3) is 6.65. The molecule has 1 unspecified atom stereocenters. The lowest BCUT2D eigenvalue weighted by atomic mass is 9.73. The van der Waals surface area contributed by atoms with E-state index in [2.05, 4.69) is 11.1 Å². The molecular weight excluding hydrogens is 496 g/mol. The number of ether oxygens (including phenoxy) is 2. The number of thiazole rings is 1. The number of fused-ring (bicyclic) bond motifs is 1. The topological polar surface area (TPSA) is 153 Å². The third-order valence-corrected chi connectivity index (χ3v) is 8.69. The number of Topliss-reactive ketones (excluding diaryl/α,β-unsaturated/α-hetero) is 1. The molecule has 3 rings (SSSR count). The summed E-state index contributed by atoms with van der Waals surface area (Å²) < 4.78 is 11.6. The molecule has 3 N–H and O–H groups in total. The number of hydrogen-bond donors (Lipinski definition) is 3. The largest absolute Gasteiger partial charge is 0.458 e. The molecule has 0 saturated carbocycles. The average molecular weight is 535 g/mol. The van der Waals surface area contributed by atoms with Gasteiger partial charge in [0.05, 0.1) is 36.3 Å². The number of carbonyl (C=O) groups excluding carboxylic acids is 2. The van der Waals surface area contributed by atoms with Gasteiger partial charge < -0.3 is 24.8 Å². The Hall–Kier alpha value is -2.16. The zero-order chi connectivity index (χ0) is 27.5. The fraction of sp³-hybridized carbons (Fsp3) is 0.704. The molecule has 37 heavy (non-hydrogen) atoms. The van der Waals surface area contributed by atoms with Crippen LogP contribution in [0.2, 0.25) is 0 Å². The lowest BCUT2D eigenvalue weighted by molar-refractivity contribution is -0.154. The summed E-state index contributed by atoms with van der Waals surface area (Å²) in [6, 6.07) is 2.27. The van der Waals surface area contributed by atoms with Crippen LogP contribution in [0, 0.1) is 28.6 Å². The fourth-order valence-electron chi connectivity index (χ4n) is 5.02. The summed E-state index contributed by atoms with van der Waals surface area (Å²) in [5, 5.41) is 43.2. The van der Waals surface area contributed by atoms with Crippen molar-refractivity contribution in [1.29, 1.82) is 5.26 Å². The highest BCUT2D eigenvalue weighted by molar-refractivity contribution is 7.09. The maximum atomic E-state index is 13.2. The maximum Gasteiger partial charge on any atom is 0.309 e. The predicted molar refractivity (Wildman–Crippen MR) is 137 cm³/mol. The van der Waals surface area contributed by atoms with Gasteiger partial charge in [-0.2, -0.15) is 5.26 Å². The summed E-state index contributed by atoms with van der Waals surface area (Å²) in [6.07, 6.45) is -0.0780. The minimum absolute atomic E-state index is 0.169. The van der Waals surface area contributed by atoms with Crippen LogP contribution < -0.4 is 0 Å². The van der Waals surface area contributed by atoms with Crippen LogP contribution in [0.4, 0.5) is 0 Å². The molecule has 0 spiro atoms. The van der Waals surface area contributed by atoms with Crippen molar-refractivity contribution in [3.63, 3.8) is 0 Å². The first kappa shape index (κ1) is 29.4. The minimum Gasteiger partial charge on any atom is -0.458 e. The predicted octanol–water partition coefficient (Wildman–Crippen LogP) is 3.17. The molecule has 204 valence electrons. The number of carbonyl (C=O) groups is 2. The molecule has 2 aliphatic rings. The van der Waals surface area contributed by atoms with E-state index < -0.39 is 53.7 Å². The molecule has 10 heteroatoms. The quantitative estimate of drug-likeness (QED) is 0.392. The Balaban J connectivity index is 1.89. The molecule has 2 saturated heterocycles. The monoisotopic (exact) mass is 534 g/mol. The van der Waals surface area contributed by atoms with Crippen molar-refractivity contribution >= 4 is 29.2 Å². The highest BCUT2D eigenvalue weighted by Gasteiger charge is 2.57. The summed E-state index contributed by atoms with van der Waals surface area (Å²) in [4.78, 5) is 30.5. The van der Waals surface area contributed by atoms with E-state index in [1.165, 1.54) is 11.3 Å². The van der Waals surface area contributed by atoms with Crippen molar-refractivity contribution in [3.8, 4) is 6.07 Å². The molecule has 0 amide bonds. The Morgan fingerprint density at radius 3 is 2.65 bits per heavy atom. The second-order valence-corrected chi connectivity index (χ2v) is 11.9. The number of hydrogen-bond acceptors (Lipinski definition) is 10. The number of ketones is 1. The average Bonchev–Trinajstić information content (AvgIpc) is 3.34. The van der Waals surface area contributed by atoms with Gasteiger partial charge in [0.25, 0.3) is 0 Å². The van der Waals surface area contributed by atoms with Crippen LogP contribution in [0.5, 0.6) is 0 Å². The van der Waals surface area contributed by atoms with E-state index in [1.807, 2.05) is 6.92 Å². The second-order valence-electron chi connectivity index (χ2n) is 11.0. The van der Waals surface area contributed by atoms with Crippen molar-refractivity contribution in [2.45, 2.75) is 103 Å². The van der Waals surface area contributed by atoms with E-state index in [4.69, 9.17) is 9.47 Å². The van der Waals surface area contributed by atoms with Gasteiger partial charge in [0.15, 0.2) is 5.60 Å². The van der Waals surface area contributed by atoms with Crippen molar-refractivity contribution in [2.24, 2.45) is 17.3 Å². The lowest BCUT2D eigenvalue weighted by Gasteiger charge is -2.34. The third-order valence-electron chi connectivity index (χ3n) is 7.84. The van der Waals surface area contributed by atoms with Crippen LogP contribution in [-0.4, -0.2) is 62.1 Å². The summed E-state index contributed by atoms with van der Waals surface area (Å²) in [6.45, 7) is 8.28. The number of nitrogens with zero attached hydrogens (tertiary/aromatic N) is 2. The van der Waals surface area contributed by atoms with E-state index >= 15 is 0 Å². The Kier molecular flexibility index (Phi) is 9.30. The molecule has 0 bridgehead atoms. The van der Waals surface area contributed by atoms with Crippen LogP contribution in [0.3, 0.4) is 0 Å². The van der Waals surface area contributed by atoms with Gasteiger partial charge in [0, 0.05) is 17.7 Å². The van der Waals surface area contributed by atoms with Gasteiger partial charge in [-0.25, -0.2) is 4.98 Å². The highest BCUT2D eigenvalue weighted by Crippen LogP contribution is 2.45. The van der Waals surface area contributed by atoms with Crippen molar-refractivity contribution in [2.75, 3.05) is 0 Å². The van der Waals surface area contributed by atoms with Gasteiger partial charge in [-0.1, -0.05) is 27.7 Å². The van der Waals surface area contributed by atoms with E-state index in [1.54, 1.807) is 39.2 Å². The molecule has 2 fully saturated rings. The van der Waals surface area contributed by atoms with Crippen molar-refractivity contribution in [1.82, 2.24) is 4.98 Å². The van der Waals surface area contributed by atoms with Crippen LogP contribution in [0.15, 0.2) is 11.0 Å². The highest BCUT2D eigenvalue weighted by atomic mass is 32.1. The number of aliphatic hydroxyl groups is 3. The number of rotatable bonds is 3. The van der Waals surface area contributed by atoms with Crippen molar-refractivity contribution in [3.05, 3.63) is 21.7 Å². The number of esters is 1. The molecule has 3 heterocycles. The van der Waals surface area contributed by atoms with Crippen molar-refractivity contribution < 1.29 is 34.4 Å². The van der Waals surface area contributed by atoms with E-state index in [9.17, 15) is 30.2 Å². The number of cyclic esters (lactones) is 1. The SMILES string of the molecule is C/C(=C\c1csc(CO)n1)[C@@H]1CC2O[C@@]2(C#N)CCC[C@H](C)[C@H](O)[C@@H](C)C(=O)C(C)(C)[C@@H](O)CC(=O)O1. The van der Waals surface area contributed by atoms with E-state index in [0.717, 1.165) is 0 Å². The number of aliphatic hydroxyl groups excluding tert-OH is 3. The van der Waals surface area contributed by atoms with Crippen LogP contribution in [0.1, 0.15) is 77.4 Å². The Morgan fingerprint density at radius 2 is 2.03 bits per heavy atom. The zero-order valence-corrected chi connectivity index (χ0v) is 23.0. The summed E-state index contributed by atoms with van der Waals surface area (Å²) >= 11 is 1.31. The maximum absolute atomic E-state index is 13.2. The molecule has 1 aromatic heterocycles. The van der Waals surface area contributed by atoms with Gasteiger partial charge in [0.2, 0.25) is 0 Å². The normalized spacial score (nSPS) is 35.8. The first-order valence-electron chi connectivity index (χ1n) is 12.8.